The lowest BCUT2D eigenvalue weighted by molar-refractivity contribution is -0.659. The zero-order valence-corrected chi connectivity index (χ0v) is 17.3. The maximum Gasteiger partial charge on any atom is 0.220 e. The van der Waals surface area contributed by atoms with Crippen LogP contribution in [0.15, 0.2) is 42.6 Å². The Morgan fingerprint density at radius 2 is 1.50 bits per heavy atom. The molecule has 4 aromatic rings. The summed E-state index contributed by atoms with van der Waals surface area (Å²) in [6, 6.07) is 13.1. The van der Waals surface area contributed by atoms with E-state index in [1.165, 1.54) is 38.7 Å². The highest BCUT2D eigenvalue weighted by Gasteiger charge is 2.19. The van der Waals surface area contributed by atoms with Crippen LogP contribution in [0.1, 0.15) is 28.3 Å². The molecule has 0 bridgehead atoms. The molecule has 0 aliphatic carbocycles. The molecule has 0 amide bonds. The first kappa shape index (κ1) is 18.2. The molecule has 0 radical (unpaired) electrons. The highest BCUT2D eigenvalue weighted by atomic mass is 15.0. The van der Waals surface area contributed by atoms with E-state index in [-0.39, 0.29) is 0 Å². The summed E-state index contributed by atoms with van der Waals surface area (Å²) in [6.07, 6.45) is 2.13. The Bertz CT molecular complexity index is 1200. The van der Waals surface area contributed by atoms with E-state index in [4.69, 9.17) is 0 Å². The molecule has 0 aliphatic heterocycles. The van der Waals surface area contributed by atoms with E-state index < -0.39 is 0 Å². The van der Waals surface area contributed by atoms with Crippen molar-refractivity contribution in [3.05, 3.63) is 70.9 Å². The van der Waals surface area contributed by atoms with Crippen molar-refractivity contribution in [3.8, 4) is 22.6 Å². The minimum Gasteiger partial charge on any atom is -0.219 e. The van der Waals surface area contributed by atoms with Crippen LogP contribution >= 0.6 is 0 Å². The second-order valence-electron chi connectivity index (χ2n) is 7.59. The fraction of sp³-hybridized carbons (Fsp3) is 0.250. The molecule has 0 fully saturated rings. The normalized spacial score (nSPS) is 11.2. The van der Waals surface area contributed by atoms with Crippen molar-refractivity contribution in [1.29, 1.82) is 0 Å². The summed E-state index contributed by atoms with van der Waals surface area (Å²) in [7, 11) is 2.11. The van der Waals surface area contributed by atoms with Gasteiger partial charge in [-0.2, -0.15) is 0 Å². The van der Waals surface area contributed by atoms with Crippen molar-refractivity contribution in [1.82, 2.24) is 15.0 Å². The van der Waals surface area contributed by atoms with Gasteiger partial charge in [0, 0.05) is 11.6 Å². The van der Waals surface area contributed by atoms with Crippen LogP contribution < -0.4 is 4.57 Å². The molecule has 2 heterocycles. The Morgan fingerprint density at radius 3 is 2.21 bits per heavy atom. The molecule has 140 valence electrons. The Morgan fingerprint density at radius 1 is 0.786 bits per heavy atom. The number of fused-ring (bicyclic) bond motifs is 1. The van der Waals surface area contributed by atoms with Crippen LogP contribution in [-0.2, 0) is 7.05 Å². The van der Waals surface area contributed by atoms with Gasteiger partial charge in [-0.1, -0.05) is 23.8 Å². The SMILES string of the molecule is Cc1cc(C)c(C)c(-c2c3cc(-c4nc(C)nc(C)n4)ccc3cc[n+]2C)c1. The molecule has 0 unspecified atom stereocenters. The zero-order valence-electron chi connectivity index (χ0n) is 17.3. The molecule has 0 aliphatic rings. The number of nitrogens with zero attached hydrogens (tertiary/aromatic N) is 4. The summed E-state index contributed by atoms with van der Waals surface area (Å²) in [6.45, 7) is 10.3. The lowest BCUT2D eigenvalue weighted by Gasteiger charge is -2.12. The van der Waals surface area contributed by atoms with Gasteiger partial charge in [0.2, 0.25) is 5.69 Å². The smallest absolute Gasteiger partial charge is 0.219 e. The van der Waals surface area contributed by atoms with E-state index in [1.807, 2.05) is 13.8 Å². The van der Waals surface area contributed by atoms with Crippen molar-refractivity contribution >= 4 is 10.8 Å². The van der Waals surface area contributed by atoms with Gasteiger partial charge < -0.3 is 0 Å². The maximum atomic E-state index is 4.55. The van der Waals surface area contributed by atoms with Gasteiger partial charge in [-0.25, -0.2) is 19.5 Å². The topological polar surface area (TPSA) is 42.6 Å². The number of aryl methyl sites for hydroxylation is 5. The van der Waals surface area contributed by atoms with Crippen molar-refractivity contribution in [2.24, 2.45) is 7.05 Å². The molecule has 28 heavy (non-hydrogen) atoms. The monoisotopic (exact) mass is 369 g/mol. The van der Waals surface area contributed by atoms with Crippen LogP contribution in [-0.4, -0.2) is 15.0 Å². The second-order valence-corrected chi connectivity index (χ2v) is 7.59. The van der Waals surface area contributed by atoms with E-state index in [2.05, 4.69) is 89.9 Å². The summed E-state index contributed by atoms with van der Waals surface area (Å²) < 4.78 is 2.21. The summed E-state index contributed by atoms with van der Waals surface area (Å²) >= 11 is 0. The molecule has 2 aromatic carbocycles. The van der Waals surface area contributed by atoms with Crippen LogP contribution in [0.4, 0.5) is 0 Å². The van der Waals surface area contributed by atoms with Gasteiger partial charge in [0.1, 0.15) is 18.7 Å². The molecule has 0 spiro atoms. The van der Waals surface area contributed by atoms with Crippen LogP contribution in [0.25, 0.3) is 33.4 Å². The Kier molecular flexibility index (Phi) is 4.42. The van der Waals surface area contributed by atoms with Crippen LogP contribution in [0.5, 0.6) is 0 Å². The lowest BCUT2D eigenvalue weighted by Crippen LogP contribution is -2.30. The van der Waals surface area contributed by atoms with Gasteiger partial charge in [-0.3, -0.25) is 0 Å². The van der Waals surface area contributed by atoms with Gasteiger partial charge in [0.15, 0.2) is 12.0 Å². The molecule has 0 saturated heterocycles. The Labute approximate surface area is 166 Å². The molecule has 2 aromatic heterocycles. The standard InChI is InChI=1S/C24H25N4/c1-14-11-15(2)16(3)21(12-14)23-22-13-20(8-7-19(22)9-10-28(23)6)24-26-17(4)25-18(5)27-24/h7-13H,1-6H3/q+1. The average molecular weight is 369 g/mol. The summed E-state index contributed by atoms with van der Waals surface area (Å²) in [4.78, 5) is 13.4. The zero-order chi connectivity index (χ0) is 20.0. The minimum atomic E-state index is 0.724. The number of benzene rings is 2. The third-order valence-electron chi connectivity index (χ3n) is 5.32. The largest absolute Gasteiger partial charge is 0.220 e. The molecular weight excluding hydrogens is 344 g/mol. The predicted octanol–water partition coefficient (Wildman–Crippen LogP) is 4.73. The second kappa shape index (κ2) is 6.79. The molecule has 4 heteroatoms. The van der Waals surface area contributed by atoms with Crippen LogP contribution in [0.2, 0.25) is 0 Å². The van der Waals surface area contributed by atoms with E-state index in [1.54, 1.807) is 0 Å². The van der Waals surface area contributed by atoms with Crippen LogP contribution in [0, 0.1) is 34.6 Å². The van der Waals surface area contributed by atoms with Gasteiger partial charge >= 0.3 is 0 Å². The molecular formula is C24H25N4+. The predicted molar refractivity (Wildman–Crippen MR) is 113 cm³/mol. The van der Waals surface area contributed by atoms with Crippen molar-refractivity contribution in [2.45, 2.75) is 34.6 Å². The van der Waals surface area contributed by atoms with E-state index in [0.29, 0.717) is 0 Å². The summed E-state index contributed by atoms with van der Waals surface area (Å²) in [5, 5.41) is 2.41. The average Bonchev–Trinajstić information content (AvgIpc) is 2.63. The van der Waals surface area contributed by atoms with E-state index in [0.717, 1.165) is 23.0 Å². The van der Waals surface area contributed by atoms with E-state index in [9.17, 15) is 0 Å². The van der Waals surface area contributed by atoms with E-state index >= 15 is 0 Å². The number of pyridine rings is 1. The number of hydrogen-bond acceptors (Lipinski definition) is 3. The highest BCUT2D eigenvalue weighted by Crippen LogP contribution is 2.32. The quantitative estimate of drug-likeness (QED) is 0.480. The number of aromatic nitrogens is 4. The lowest BCUT2D eigenvalue weighted by atomic mass is 9.94. The molecule has 0 atom stereocenters. The minimum absolute atomic E-state index is 0.724. The molecule has 0 saturated carbocycles. The van der Waals surface area contributed by atoms with Crippen molar-refractivity contribution in [3.63, 3.8) is 0 Å². The van der Waals surface area contributed by atoms with Gasteiger partial charge in [0.05, 0.1) is 10.9 Å². The Hall–Kier alpha value is -3.14. The molecule has 4 nitrogen and oxygen atoms in total. The summed E-state index contributed by atoms with van der Waals surface area (Å²) in [5.41, 5.74) is 7.39. The fourth-order valence-electron chi connectivity index (χ4n) is 3.87. The highest BCUT2D eigenvalue weighted by molar-refractivity contribution is 5.96. The first-order valence-electron chi connectivity index (χ1n) is 9.54. The summed E-state index contributed by atoms with van der Waals surface area (Å²) in [5.74, 6) is 2.21. The number of rotatable bonds is 2. The van der Waals surface area contributed by atoms with Gasteiger partial charge in [0.25, 0.3) is 0 Å². The third-order valence-corrected chi connectivity index (χ3v) is 5.32. The fourth-order valence-corrected chi connectivity index (χ4v) is 3.87. The molecule has 4 rings (SSSR count). The van der Waals surface area contributed by atoms with Gasteiger partial charge in [-0.05, 0) is 63.3 Å². The van der Waals surface area contributed by atoms with Crippen molar-refractivity contribution in [2.75, 3.05) is 0 Å². The Balaban J connectivity index is 2.03. The first-order chi connectivity index (χ1) is 13.3. The van der Waals surface area contributed by atoms with Gasteiger partial charge in [-0.15, -0.1) is 0 Å². The third kappa shape index (κ3) is 3.15. The molecule has 0 N–H and O–H groups in total. The van der Waals surface area contributed by atoms with Crippen molar-refractivity contribution < 1.29 is 4.57 Å². The number of hydrogen-bond donors (Lipinski definition) is 0. The maximum absolute atomic E-state index is 4.55. The van der Waals surface area contributed by atoms with Crippen LogP contribution in [0.3, 0.4) is 0 Å². The first-order valence-corrected chi connectivity index (χ1v) is 9.54.